The second kappa shape index (κ2) is 9.04. The van der Waals surface area contributed by atoms with Gasteiger partial charge in [0.05, 0.1) is 0 Å². The molecule has 1 aliphatic heterocycles. The zero-order valence-electron chi connectivity index (χ0n) is 15.5. The number of piperazine rings is 1. The van der Waals surface area contributed by atoms with Gasteiger partial charge in [0.2, 0.25) is 0 Å². The lowest BCUT2D eigenvalue weighted by molar-refractivity contribution is 0.139. The molecule has 0 spiro atoms. The maximum Gasteiger partial charge on any atom is 0.317 e. The van der Waals surface area contributed by atoms with Crippen molar-refractivity contribution in [1.29, 1.82) is 0 Å². The third kappa shape index (κ3) is 5.60. The van der Waals surface area contributed by atoms with Crippen LogP contribution in [0.15, 0.2) is 35.9 Å². The van der Waals surface area contributed by atoms with Gasteiger partial charge in [0.15, 0.2) is 0 Å². The maximum atomic E-state index is 12.4. The van der Waals surface area contributed by atoms with Crippen molar-refractivity contribution in [3.8, 4) is 0 Å². The fourth-order valence-corrected chi connectivity index (χ4v) is 3.72. The van der Waals surface area contributed by atoms with E-state index in [0.29, 0.717) is 6.54 Å². The van der Waals surface area contributed by atoms with E-state index in [1.54, 1.807) is 5.57 Å². The number of amides is 2. The van der Waals surface area contributed by atoms with Crippen molar-refractivity contribution >= 4 is 6.03 Å². The fraction of sp³-hybridized carbons (Fsp3) is 0.571. The average Bonchev–Trinajstić information content (AvgIpc) is 2.66. The maximum absolute atomic E-state index is 12.4. The van der Waals surface area contributed by atoms with E-state index < -0.39 is 0 Å². The number of urea groups is 1. The highest BCUT2D eigenvalue weighted by atomic mass is 16.2. The Morgan fingerprint density at radius 3 is 2.72 bits per heavy atom. The first-order chi connectivity index (χ1) is 12.2. The van der Waals surface area contributed by atoms with Crippen LogP contribution in [0.5, 0.6) is 0 Å². The smallest absolute Gasteiger partial charge is 0.317 e. The normalized spacial score (nSPS) is 18.8. The Bertz CT molecular complexity index is 603. The van der Waals surface area contributed by atoms with E-state index in [1.807, 2.05) is 11.0 Å². The molecule has 1 heterocycles. The summed E-state index contributed by atoms with van der Waals surface area (Å²) in [5, 5.41) is 3.05. The zero-order chi connectivity index (χ0) is 17.5. The minimum atomic E-state index is 0.0659. The molecule has 25 heavy (non-hydrogen) atoms. The number of nitrogens with zero attached hydrogens (tertiary/aromatic N) is 2. The van der Waals surface area contributed by atoms with E-state index >= 15 is 0 Å². The standard InChI is InChI=1S/C21H31N3O/c1-18-6-5-9-20(16-18)17-22-21(25)24-14-12-23(13-15-24)11-10-19-7-3-2-4-8-19/h5-7,9,16H,2-4,8,10-15,17H2,1H3,(H,22,25). The molecule has 3 rings (SSSR count). The quantitative estimate of drug-likeness (QED) is 0.829. The second-order valence-electron chi connectivity index (χ2n) is 7.33. The highest BCUT2D eigenvalue weighted by Gasteiger charge is 2.20. The molecule has 0 unspecified atom stereocenters. The Morgan fingerprint density at radius 1 is 1.16 bits per heavy atom. The number of nitrogens with one attached hydrogen (secondary N) is 1. The van der Waals surface area contributed by atoms with Crippen LogP contribution in [0, 0.1) is 6.92 Å². The number of carbonyl (C=O) groups excluding carboxylic acids is 1. The number of allylic oxidation sites excluding steroid dienone is 1. The van der Waals surface area contributed by atoms with Gasteiger partial charge >= 0.3 is 6.03 Å². The molecule has 2 aliphatic rings. The van der Waals surface area contributed by atoms with E-state index in [1.165, 1.54) is 37.7 Å². The van der Waals surface area contributed by atoms with Crippen molar-refractivity contribution in [3.05, 3.63) is 47.0 Å². The van der Waals surface area contributed by atoms with Crippen LogP contribution in [0.2, 0.25) is 0 Å². The Hall–Kier alpha value is -1.81. The minimum absolute atomic E-state index is 0.0659. The van der Waals surface area contributed by atoms with Crippen LogP contribution in [0.25, 0.3) is 0 Å². The minimum Gasteiger partial charge on any atom is -0.334 e. The summed E-state index contributed by atoms with van der Waals surface area (Å²) in [4.78, 5) is 16.8. The van der Waals surface area contributed by atoms with E-state index in [2.05, 4.69) is 41.4 Å². The van der Waals surface area contributed by atoms with Crippen molar-refractivity contribution < 1.29 is 4.79 Å². The van der Waals surface area contributed by atoms with Crippen LogP contribution in [0.4, 0.5) is 4.79 Å². The summed E-state index contributed by atoms with van der Waals surface area (Å²) < 4.78 is 0. The number of benzene rings is 1. The molecule has 1 fully saturated rings. The molecule has 0 bridgehead atoms. The predicted octanol–water partition coefficient (Wildman–Crippen LogP) is 3.71. The highest BCUT2D eigenvalue weighted by Crippen LogP contribution is 2.20. The first kappa shape index (κ1) is 18.0. The summed E-state index contributed by atoms with van der Waals surface area (Å²) >= 11 is 0. The SMILES string of the molecule is Cc1cccc(CNC(=O)N2CCN(CCC3=CCCCC3)CC2)c1. The van der Waals surface area contributed by atoms with Crippen LogP contribution < -0.4 is 5.32 Å². The summed E-state index contributed by atoms with van der Waals surface area (Å²) in [6.45, 7) is 7.47. The monoisotopic (exact) mass is 341 g/mol. The van der Waals surface area contributed by atoms with E-state index in [9.17, 15) is 4.79 Å². The van der Waals surface area contributed by atoms with E-state index in [4.69, 9.17) is 0 Å². The molecule has 1 saturated heterocycles. The van der Waals surface area contributed by atoms with Gasteiger partial charge in [-0.15, -0.1) is 0 Å². The Morgan fingerprint density at radius 2 is 2.00 bits per heavy atom. The number of aryl methyl sites for hydroxylation is 1. The van der Waals surface area contributed by atoms with Crippen LogP contribution in [0.1, 0.15) is 43.2 Å². The van der Waals surface area contributed by atoms with Crippen LogP contribution in [-0.4, -0.2) is 48.6 Å². The van der Waals surface area contributed by atoms with Gasteiger partial charge in [0.25, 0.3) is 0 Å². The Balaban J connectivity index is 1.36. The van der Waals surface area contributed by atoms with Gasteiger partial charge in [-0.3, -0.25) is 4.90 Å². The summed E-state index contributed by atoms with van der Waals surface area (Å²) in [7, 11) is 0. The molecule has 4 nitrogen and oxygen atoms in total. The number of carbonyl (C=O) groups is 1. The molecule has 4 heteroatoms. The van der Waals surface area contributed by atoms with Crippen molar-refractivity contribution in [3.63, 3.8) is 0 Å². The third-order valence-electron chi connectivity index (χ3n) is 5.32. The van der Waals surface area contributed by atoms with Crippen molar-refractivity contribution in [2.45, 2.75) is 45.6 Å². The number of rotatable bonds is 5. The summed E-state index contributed by atoms with van der Waals surface area (Å²) in [6.07, 6.45) is 8.93. The van der Waals surface area contributed by atoms with Gasteiger partial charge in [0.1, 0.15) is 0 Å². The fourth-order valence-electron chi connectivity index (χ4n) is 3.72. The molecule has 0 aromatic heterocycles. The lowest BCUT2D eigenvalue weighted by Gasteiger charge is -2.35. The molecule has 136 valence electrons. The lowest BCUT2D eigenvalue weighted by atomic mass is 9.97. The Labute approximate surface area is 151 Å². The second-order valence-corrected chi connectivity index (χ2v) is 7.33. The largest absolute Gasteiger partial charge is 0.334 e. The Kier molecular flexibility index (Phi) is 6.51. The lowest BCUT2D eigenvalue weighted by Crippen LogP contribution is -2.51. The molecule has 1 aromatic rings. The molecule has 0 atom stereocenters. The molecular weight excluding hydrogens is 310 g/mol. The van der Waals surface area contributed by atoms with Crippen LogP contribution in [-0.2, 0) is 6.54 Å². The topological polar surface area (TPSA) is 35.6 Å². The molecular formula is C21H31N3O. The van der Waals surface area contributed by atoms with E-state index in [0.717, 1.165) is 38.3 Å². The van der Waals surface area contributed by atoms with Crippen molar-refractivity contribution in [2.24, 2.45) is 0 Å². The highest BCUT2D eigenvalue weighted by molar-refractivity contribution is 5.74. The van der Waals surface area contributed by atoms with Gasteiger partial charge in [0, 0.05) is 39.3 Å². The van der Waals surface area contributed by atoms with Crippen LogP contribution in [0.3, 0.4) is 0 Å². The molecule has 2 amide bonds. The number of hydrogen-bond donors (Lipinski definition) is 1. The molecule has 1 N–H and O–H groups in total. The van der Waals surface area contributed by atoms with E-state index in [-0.39, 0.29) is 6.03 Å². The van der Waals surface area contributed by atoms with Gasteiger partial charge in [-0.2, -0.15) is 0 Å². The predicted molar refractivity (Wildman–Crippen MR) is 103 cm³/mol. The summed E-state index contributed by atoms with van der Waals surface area (Å²) in [5.74, 6) is 0. The van der Waals surface area contributed by atoms with Crippen molar-refractivity contribution in [2.75, 3.05) is 32.7 Å². The molecule has 0 radical (unpaired) electrons. The molecule has 0 saturated carbocycles. The zero-order valence-corrected chi connectivity index (χ0v) is 15.5. The molecule has 1 aliphatic carbocycles. The first-order valence-electron chi connectivity index (χ1n) is 9.69. The third-order valence-corrected chi connectivity index (χ3v) is 5.32. The molecule has 1 aromatic carbocycles. The van der Waals surface area contributed by atoms with Crippen LogP contribution >= 0.6 is 0 Å². The summed E-state index contributed by atoms with van der Waals surface area (Å²) in [6, 6.07) is 8.37. The number of hydrogen-bond acceptors (Lipinski definition) is 2. The summed E-state index contributed by atoms with van der Waals surface area (Å²) in [5.41, 5.74) is 4.03. The van der Waals surface area contributed by atoms with Gasteiger partial charge in [-0.25, -0.2) is 4.79 Å². The van der Waals surface area contributed by atoms with Crippen molar-refractivity contribution in [1.82, 2.24) is 15.1 Å². The van der Waals surface area contributed by atoms with Gasteiger partial charge < -0.3 is 10.2 Å². The average molecular weight is 341 g/mol. The van der Waals surface area contributed by atoms with Gasteiger partial charge in [-0.05, 0) is 44.6 Å². The first-order valence-corrected chi connectivity index (χ1v) is 9.69. The van der Waals surface area contributed by atoms with Gasteiger partial charge in [-0.1, -0.05) is 41.5 Å².